The largest absolute Gasteiger partial charge is 0.377 e. The van der Waals surface area contributed by atoms with Crippen LogP contribution in [0, 0.1) is 17.8 Å². The van der Waals surface area contributed by atoms with Crippen molar-refractivity contribution >= 4 is 5.91 Å². The summed E-state index contributed by atoms with van der Waals surface area (Å²) in [5, 5.41) is 0. The molecule has 3 rings (SSSR count). The molecule has 3 aliphatic rings. The van der Waals surface area contributed by atoms with E-state index in [4.69, 9.17) is 10.5 Å². The number of nitrogens with two attached hydrogens (primary N) is 1. The minimum absolute atomic E-state index is 0.232. The molecule has 138 valence electrons. The molecule has 2 N–H and O–H groups in total. The highest BCUT2D eigenvalue weighted by Crippen LogP contribution is 2.42. The average Bonchev–Trinajstić information content (AvgIpc) is 2.54. The van der Waals surface area contributed by atoms with Gasteiger partial charge in [0.05, 0.1) is 12.7 Å². The molecule has 1 amide bonds. The van der Waals surface area contributed by atoms with Gasteiger partial charge >= 0.3 is 0 Å². The summed E-state index contributed by atoms with van der Waals surface area (Å²) in [5.41, 5.74) is 6.37. The van der Waals surface area contributed by atoms with Crippen molar-refractivity contribution in [3.8, 4) is 0 Å². The van der Waals surface area contributed by atoms with Crippen LogP contribution in [-0.2, 0) is 9.53 Å². The van der Waals surface area contributed by atoms with Crippen LogP contribution in [0.25, 0.3) is 0 Å². The van der Waals surface area contributed by atoms with Gasteiger partial charge in [0.25, 0.3) is 0 Å². The van der Waals surface area contributed by atoms with Crippen LogP contribution in [-0.4, -0.2) is 67.2 Å². The Bertz CT molecular complexity index is 407. The van der Waals surface area contributed by atoms with Crippen LogP contribution < -0.4 is 5.73 Å². The molecule has 5 heteroatoms. The summed E-state index contributed by atoms with van der Waals surface area (Å²) in [4.78, 5) is 17.5. The van der Waals surface area contributed by atoms with E-state index in [0.29, 0.717) is 29.9 Å². The van der Waals surface area contributed by atoms with E-state index in [-0.39, 0.29) is 5.92 Å². The lowest BCUT2D eigenvalue weighted by atomic mass is 9.65. The van der Waals surface area contributed by atoms with E-state index < -0.39 is 0 Å². The lowest BCUT2D eigenvalue weighted by Gasteiger charge is -2.45. The summed E-state index contributed by atoms with van der Waals surface area (Å²) in [6, 6.07) is 0.348. The molecular weight excluding hydrogens is 302 g/mol. The minimum Gasteiger partial charge on any atom is -0.377 e. The molecule has 0 aromatic heterocycles. The highest BCUT2D eigenvalue weighted by Gasteiger charge is 2.41. The van der Waals surface area contributed by atoms with Crippen LogP contribution in [0.3, 0.4) is 0 Å². The Morgan fingerprint density at radius 3 is 2.33 bits per heavy atom. The fourth-order valence-electron chi connectivity index (χ4n) is 4.86. The molecule has 0 radical (unpaired) electrons. The number of piperazine rings is 1. The molecule has 2 saturated carbocycles. The van der Waals surface area contributed by atoms with Gasteiger partial charge < -0.3 is 15.4 Å². The van der Waals surface area contributed by atoms with Crippen LogP contribution in [0.4, 0.5) is 0 Å². The van der Waals surface area contributed by atoms with E-state index in [0.717, 1.165) is 52.2 Å². The van der Waals surface area contributed by atoms with Gasteiger partial charge in [-0.1, -0.05) is 6.42 Å². The SMILES string of the molecule is CC(C)OCCN1CCN(C(=O)C2CC3CCCC(C2)C3N)CC1. The summed E-state index contributed by atoms with van der Waals surface area (Å²) in [6.45, 7) is 9.61. The van der Waals surface area contributed by atoms with Gasteiger partial charge in [-0.3, -0.25) is 9.69 Å². The Balaban J connectivity index is 1.44. The lowest BCUT2D eigenvalue weighted by Crippen LogP contribution is -2.54. The number of carbonyl (C=O) groups excluding carboxylic acids is 1. The van der Waals surface area contributed by atoms with Crippen molar-refractivity contribution in [2.75, 3.05) is 39.3 Å². The minimum atomic E-state index is 0.232. The molecule has 3 fully saturated rings. The molecule has 0 aromatic carbocycles. The third-order valence-corrected chi connectivity index (χ3v) is 6.30. The second-order valence-electron chi connectivity index (χ2n) is 8.28. The van der Waals surface area contributed by atoms with Gasteiger partial charge in [0.2, 0.25) is 5.91 Å². The van der Waals surface area contributed by atoms with Gasteiger partial charge in [-0.2, -0.15) is 0 Å². The molecule has 24 heavy (non-hydrogen) atoms. The monoisotopic (exact) mass is 337 g/mol. The van der Waals surface area contributed by atoms with Crippen LogP contribution in [0.15, 0.2) is 0 Å². The zero-order valence-electron chi connectivity index (χ0n) is 15.5. The first-order valence-electron chi connectivity index (χ1n) is 9.93. The predicted molar refractivity (Wildman–Crippen MR) is 95.6 cm³/mol. The third-order valence-electron chi connectivity index (χ3n) is 6.30. The second kappa shape index (κ2) is 8.15. The smallest absolute Gasteiger partial charge is 0.225 e. The fourth-order valence-corrected chi connectivity index (χ4v) is 4.86. The van der Waals surface area contributed by atoms with Crippen molar-refractivity contribution in [3.05, 3.63) is 0 Å². The number of carbonyl (C=O) groups is 1. The molecule has 2 aliphatic carbocycles. The van der Waals surface area contributed by atoms with E-state index in [1.54, 1.807) is 0 Å². The van der Waals surface area contributed by atoms with Crippen molar-refractivity contribution in [3.63, 3.8) is 0 Å². The molecule has 2 atom stereocenters. The number of hydrogen-bond donors (Lipinski definition) is 1. The number of amides is 1. The van der Waals surface area contributed by atoms with Crippen LogP contribution in [0.2, 0.25) is 0 Å². The maximum Gasteiger partial charge on any atom is 0.225 e. The summed E-state index contributed by atoms with van der Waals surface area (Å²) in [5.74, 6) is 1.80. The molecule has 1 saturated heterocycles. The van der Waals surface area contributed by atoms with Crippen molar-refractivity contribution in [2.45, 2.75) is 58.1 Å². The zero-order valence-corrected chi connectivity index (χ0v) is 15.5. The Morgan fingerprint density at radius 1 is 1.12 bits per heavy atom. The summed E-state index contributed by atoms with van der Waals surface area (Å²) in [7, 11) is 0. The Kier molecular flexibility index (Phi) is 6.17. The maximum absolute atomic E-state index is 12.9. The molecule has 2 unspecified atom stereocenters. The van der Waals surface area contributed by atoms with Gasteiger partial charge in [-0.15, -0.1) is 0 Å². The Morgan fingerprint density at radius 2 is 1.75 bits per heavy atom. The van der Waals surface area contributed by atoms with E-state index in [9.17, 15) is 4.79 Å². The van der Waals surface area contributed by atoms with Crippen LogP contribution >= 0.6 is 0 Å². The Hall–Kier alpha value is -0.650. The maximum atomic E-state index is 12.9. The fraction of sp³-hybridized carbons (Fsp3) is 0.947. The van der Waals surface area contributed by atoms with Gasteiger partial charge in [-0.05, 0) is 51.4 Å². The lowest BCUT2D eigenvalue weighted by molar-refractivity contribution is -0.140. The molecule has 0 spiro atoms. The van der Waals surface area contributed by atoms with E-state index in [1.807, 2.05) is 0 Å². The molecule has 5 nitrogen and oxygen atoms in total. The highest BCUT2D eigenvalue weighted by atomic mass is 16.5. The van der Waals surface area contributed by atoms with Crippen LogP contribution in [0.1, 0.15) is 46.0 Å². The van der Waals surface area contributed by atoms with Crippen LogP contribution in [0.5, 0.6) is 0 Å². The molecule has 0 aromatic rings. The number of hydrogen-bond acceptors (Lipinski definition) is 4. The van der Waals surface area contributed by atoms with Crippen molar-refractivity contribution < 1.29 is 9.53 Å². The highest BCUT2D eigenvalue weighted by molar-refractivity contribution is 5.79. The standard InChI is InChI=1S/C19H35N3O2/c1-14(2)24-11-10-21-6-8-22(9-7-21)19(23)17-12-15-4-3-5-16(13-17)18(15)20/h14-18H,3-13,20H2,1-2H3. The van der Waals surface area contributed by atoms with Gasteiger partial charge in [0.15, 0.2) is 0 Å². The summed E-state index contributed by atoms with van der Waals surface area (Å²) in [6.07, 6.45) is 6.11. The molecule has 1 aliphatic heterocycles. The number of ether oxygens (including phenoxy) is 1. The van der Waals surface area contributed by atoms with Gasteiger partial charge in [0, 0.05) is 44.7 Å². The number of fused-ring (bicyclic) bond motifs is 2. The number of nitrogens with zero attached hydrogens (tertiary/aromatic N) is 2. The zero-order chi connectivity index (χ0) is 17.1. The summed E-state index contributed by atoms with van der Waals surface area (Å²) < 4.78 is 5.63. The molecule has 2 bridgehead atoms. The van der Waals surface area contributed by atoms with Gasteiger partial charge in [0.1, 0.15) is 0 Å². The topological polar surface area (TPSA) is 58.8 Å². The molecular formula is C19H35N3O2. The first-order chi connectivity index (χ1) is 11.5. The third kappa shape index (κ3) is 4.30. The van der Waals surface area contributed by atoms with Crippen molar-refractivity contribution in [2.24, 2.45) is 23.5 Å². The predicted octanol–water partition coefficient (Wildman–Crippen LogP) is 1.71. The Labute approximate surface area is 146 Å². The first-order valence-corrected chi connectivity index (χ1v) is 9.93. The first kappa shape index (κ1) is 18.2. The number of rotatable bonds is 5. The van der Waals surface area contributed by atoms with E-state index in [2.05, 4.69) is 23.6 Å². The van der Waals surface area contributed by atoms with Crippen molar-refractivity contribution in [1.29, 1.82) is 0 Å². The van der Waals surface area contributed by atoms with Gasteiger partial charge in [-0.25, -0.2) is 0 Å². The molecule has 1 heterocycles. The second-order valence-corrected chi connectivity index (χ2v) is 8.28. The normalized spacial score (nSPS) is 34.6. The van der Waals surface area contributed by atoms with E-state index in [1.165, 1.54) is 19.3 Å². The van der Waals surface area contributed by atoms with E-state index >= 15 is 0 Å². The van der Waals surface area contributed by atoms with Crippen molar-refractivity contribution in [1.82, 2.24) is 9.80 Å². The quantitative estimate of drug-likeness (QED) is 0.830. The summed E-state index contributed by atoms with van der Waals surface area (Å²) >= 11 is 0. The average molecular weight is 338 g/mol.